The van der Waals surface area contributed by atoms with Crippen molar-refractivity contribution in [3.05, 3.63) is 41.3 Å². The summed E-state index contributed by atoms with van der Waals surface area (Å²) in [5, 5.41) is 13.6. The van der Waals surface area contributed by atoms with Crippen LogP contribution in [0.3, 0.4) is 0 Å². The standard InChI is InChI=1S/C26H30ClN5O2.C2HF3O2/c1-15(33)29-18-6-4-5-17(11-18)25(34)31-23-13-19(20(27)14-28-23)16-7-8-21-22(12-16)32-24(30-21)9-10-26(32,2)3;3-2(4,5)1(6)7/h7-8,12-14,17-18H,4-6,9-11H2,1-3H3,(H,29,33)(H,28,31,34);(H,6,7)/t17-,18+;/m0./s1. The molecule has 0 spiro atoms. The van der Waals surface area contributed by atoms with Gasteiger partial charge in [0.25, 0.3) is 0 Å². The fourth-order valence-electron chi connectivity index (χ4n) is 5.47. The van der Waals surface area contributed by atoms with Crippen molar-refractivity contribution in [2.45, 2.75) is 77.1 Å². The van der Waals surface area contributed by atoms with Gasteiger partial charge in [0.15, 0.2) is 0 Å². The van der Waals surface area contributed by atoms with Crippen molar-refractivity contribution in [1.29, 1.82) is 0 Å². The second-order valence-corrected chi connectivity index (χ2v) is 11.4. The van der Waals surface area contributed by atoms with Crippen LogP contribution in [0, 0.1) is 5.92 Å². The van der Waals surface area contributed by atoms with Gasteiger partial charge in [-0.1, -0.05) is 24.1 Å². The zero-order valence-corrected chi connectivity index (χ0v) is 23.6. The molecule has 9 nitrogen and oxygen atoms in total. The highest BCUT2D eigenvalue weighted by Crippen LogP contribution is 2.38. The number of aryl methyl sites for hydroxylation is 1. The number of rotatable bonds is 4. The third kappa shape index (κ3) is 6.98. The fourth-order valence-corrected chi connectivity index (χ4v) is 5.68. The van der Waals surface area contributed by atoms with Gasteiger partial charge in [0.2, 0.25) is 11.8 Å². The van der Waals surface area contributed by atoms with Crippen LogP contribution in [0.25, 0.3) is 22.2 Å². The van der Waals surface area contributed by atoms with Crippen molar-refractivity contribution in [2.75, 3.05) is 5.32 Å². The molecule has 0 radical (unpaired) electrons. The van der Waals surface area contributed by atoms with Gasteiger partial charge in [0, 0.05) is 42.6 Å². The van der Waals surface area contributed by atoms with Gasteiger partial charge in [0.1, 0.15) is 11.6 Å². The van der Waals surface area contributed by atoms with E-state index in [1.807, 2.05) is 18.2 Å². The van der Waals surface area contributed by atoms with Gasteiger partial charge >= 0.3 is 12.1 Å². The van der Waals surface area contributed by atoms with E-state index in [2.05, 4.69) is 40.1 Å². The van der Waals surface area contributed by atoms with Crippen molar-refractivity contribution >= 4 is 46.2 Å². The minimum Gasteiger partial charge on any atom is -0.475 e. The lowest BCUT2D eigenvalue weighted by atomic mass is 9.85. The molecule has 3 N–H and O–H groups in total. The second kappa shape index (κ2) is 11.7. The highest BCUT2D eigenvalue weighted by molar-refractivity contribution is 6.33. The fraction of sp³-hybridized carbons (Fsp3) is 0.464. The SMILES string of the molecule is CC(=O)N[C@@H]1CCC[C@H](C(=O)Nc2cc(-c3ccc4nc5n(c4c3)C(C)(C)CC5)c(Cl)cn2)C1.O=C(O)C(F)(F)F. The average molecular weight is 594 g/mol. The van der Waals surface area contributed by atoms with Gasteiger partial charge in [-0.15, -0.1) is 0 Å². The van der Waals surface area contributed by atoms with Crippen LogP contribution in [-0.4, -0.2) is 49.6 Å². The summed E-state index contributed by atoms with van der Waals surface area (Å²) < 4.78 is 34.1. The van der Waals surface area contributed by atoms with E-state index >= 15 is 0 Å². The maximum absolute atomic E-state index is 13.0. The minimum absolute atomic E-state index is 0.0268. The van der Waals surface area contributed by atoms with Crippen molar-refractivity contribution in [3.8, 4) is 11.1 Å². The lowest BCUT2D eigenvalue weighted by Crippen LogP contribution is -2.40. The molecule has 0 unspecified atom stereocenters. The van der Waals surface area contributed by atoms with Gasteiger partial charge < -0.3 is 20.3 Å². The first-order valence-corrected chi connectivity index (χ1v) is 13.6. The number of alkyl halides is 3. The number of carboxylic acid groups (broad SMARTS) is 1. The topological polar surface area (TPSA) is 126 Å². The van der Waals surface area contributed by atoms with Gasteiger partial charge in [-0.25, -0.2) is 14.8 Å². The minimum atomic E-state index is -5.08. The predicted octanol–water partition coefficient (Wildman–Crippen LogP) is 5.70. The highest BCUT2D eigenvalue weighted by atomic mass is 35.5. The van der Waals surface area contributed by atoms with Gasteiger partial charge in [-0.2, -0.15) is 13.2 Å². The number of carbonyl (C=O) groups is 3. The largest absolute Gasteiger partial charge is 0.490 e. The van der Waals surface area contributed by atoms with E-state index in [4.69, 9.17) is 26.5 Å². The number of carbonyl (C=O) groups excluding carboxylic acids is 2. The monoisotopic (exact) mass is 593 g/mol. The summed E-state index contributed by atoms with van der Waals surface area (Å²) >= 11 is 6.54. The van der Waals surface area contributed by atoms with Crippen LogP contribution in [-0.2, 0) is 26.3 Å². The predicted molar refractivity (Wildman–Crippen MR) is 148 cm³/mol. The zero-order chi connectivity index (χ0) is 30.1. The number of hydrogen-bond donors (Lipinski definition) is 3. The number of anilines is 1. The van der Waals surface area contributed by atoms with E-state index in [0.717, 1.165) is 60.1 Å². The molecule has 41 heavy (non-hydrogen) atoms. The number of pyridine rings is 1. The molecule has 0 bridgehead atoms. The summed E-state index contributed by atoms with van der Waals surface area (Å²) in [6.45, 7) is 6.00. The van der Waals surface area contributed by atoms with Crippen LogP contribution < -0.4 is 10.6 Å². The van der Waals surface area contributed by atoms with E-state index < -0.39 is 12.1 Å². The molecule has 2 aromatic heterocycles. The molecule has 2 atom stereocenters. The smallest absolute Gasteiger partial charge is 0.475 e. The summed E-state index contributed by atoms with van der Waals surface area (Å²) in [6, 6.07) is 8.06. The third-order valence-corrected chi connectivity index (χ3v) is 7.70. The normalized spacial score (nSPS) is 19.6. The van der Waals surface area contributed by atoms with Crippen LogP contribution in [0.4, 0.5) is 19.0 Å². The maximum atomic E-state index is 13.0. The van der Waals surface area contributed by atoms with Crippen LogP contribution in [0.15, 0.2) is 30.5 Å². The number of benzene rings is 1. The maximum Gasteiger partial charge on any atom is 0.490 e. The number of nitrogens with zero attached hydrogens (tertiary/aromatic N) is 3. The number of aromatic nitrogens is 3. The Morgan fingerprint density at radius 3 is 2.54 bits per heavy atom. The summed E-state index contributed by atoms with van der Waals surface area (Å²) in [7, 11) is 0. The van der Waals surface area contributed by atoms with Gasteiger partial charge in [0.05, 0.1) is 16.1 Å². The van der Waals surface area contributed by atoms with E-state index in [1.165, 1.54) is 6.92 Å². The van der Waals surface area contributed by atoms with Gasteiger partial charge in [-0.3, -0.25) is 9.59 Å². The number of halogens is 4. The second-order valence-electron chi connectivity index (χ2n) is 11.0. The number of fused-ring (bicyclic) bond motifs is 3. The number of nitrogens with one attached hydrogen (secondary N) is 2. The highest BCUT2D eigenvalue weighted by Gasteiger charge is 2.38. The first kappa shape index (κ1) is 30.3. The molecule has 3 heterocycles. The van der Waals surface area contributed by atoms with E-state index in [9.17, 15) is 22.8 Å². The molecule has 2 amide bonds. The molecule has 3 aromatic rings. The Bertz CT molecular complexity index is 1490. The number of carboxylic acids is 1. The Balaban J connectivity index is 0.000000493. The van der Waals surface area contributed by atoms with Crippen molar-refractivity contribution in [3.63, 3.8) is 0 Å². The van der Waals surface area contributed by atoms with Crippen LogP contribution >= 0.6 is 11.6 Å². The molecule has 1 aliphatic carbocycles. The van der Waals surface area contributed by atoms with E-state index in [1.54, 1.807) is 6.20 Å². The lowest BCUT2D eigenvalue weighted by Gasteiger charge is -2.28. The Kier molecular flexibility index (Phi) is 8.62. The van der Waals surface area contributed by atoms with E-state index in [-0.39, 0.29) is 29.3 Å². The zero-order valence-electron chi connectivity index (χ0n) is 22.8. The van der Waals surface area contributed by atoms with Crippen LogP contribution in [0.1, 0.15) is 58.7 Å². The molecule has 1 aliphatic heterocycles. The Morgan fingerprint density at radius 2 is 1.88 bits per heavy atom. The Labute approximate surface area is 239 Å². The molecule has 1 fully saturated rings. The average Bonchev–Trinajstić information content (AvgIpc) is 3.41. The molecule has 0 saturated heterocycles. The Hall–Kier alpha value is -3.67. The molecule has 13 heteroatoms. The van der Waals surface area contributed by atoms with Crippen molar-refractivity contribution in [1.82, 2.24) is 19.9 Å². The molecule has 1 aromatic carbocycles. The molecule has 220 valence electrons. The van der Waals surface area contributed by atoms with Crippen LogP contribution in [0.5, 0.6) is 0 Å². The summed E-state index contributed by atoms with van der Waals surface area (Å²) in [4.78, 5) is 42.4. The first-order valence-electron chi connectivity index (χ1n) is 13.2. The summed E-state index contributed by atoms with van der Waals surface area (Å²) in [5.41, 5.74) is 3.89. The van der Waals surface area contributed by atoms with E-state index in [0.29, 0.717) is 17.3 Å². The summed E-state index contributed by atoms with van der Waals surface area (Å²) in [6.07, 6.45) is 1.83. The van der Waals surface area contributed by atoms with Crippen molar-refractivity contribution in [2.24, 2.45) is 5.92 Å². The molecular weight excluding hydrogens is 563 g/mol. The number of imidazole rings is 1. The molecule has 5 rings (SSSR count). The number of amides is 2. The van der Waals surface area contributed by atoms with Gasteiger partial charge in [-0.05, 0) is 63.3 Å². The first-order chi connectivity index (χ1) is 19.2. The quantitative estimate of drug-likeness (QED) is 0.356. The van der Waals surface area contributed by atoms with Crippen LogP contribution in [0.2, 0.25) is 5.02 Å². The Morgan fingerprint density at radius 1 is 1.17 bits per heavy atom. The number of hydrogen-bond acceptors (Lipinski definition) is 5. The van der Waals surface area contributed by atoms with Crippen molar-refractivity contribution < 1.29 is 32.7 Å². The molecule has 2 aliphatic rings. The lowest BCUT2D eigenvalue weighted by molar-refractivity contribution is -0.192. The number of aliphatic carboxylic acids is 1. The molecule has 1 saturated carbocycles. The third-order valence-electron chi connectivity index (χ3n) is 7.40. The summed E-state index contributed by atoms with van der Waals surface area (Å²) in [5.74, 6) is -1.44. The molecular formula is C28H31ClF3N5O4.